The van der Waals surface area contributed by atoms with Gasteiger partial charge in [-0.1, -0.05) is 0 Å². The molecule has 0 spiro atoms. The summed E-state index contributed by atoms with van der Waals surface area (Å²) >= 11 is 0. The van der Waals surface area contributed by atoms with Crippen LogP contribution < -0.4 is 0 Å². The van der Waals surface area contributed by atoms with E-state index in [1.54, 1.807) is 6.20 Å². The summed E-state index contributed by atoms with van der Waals surface area (Å²) in [5.74, 6) is 0. The quantitative estimate of drug-likeness (QED) is 0.505. The Kier molecular flexibility index (Phi) is 3.12. The van der Waals surface area contributed by atoms with Gasteiger partial charge in [0.25, 0.3) is 0 Å². The summed E-state index contributed by atoms with van der Waals surface area (Å²) in [4.78, 5) is 16.7. The Morgan fingerprint density at radius 2 is 1.85 bits per heavy atom. The lowest BCUT2D eigenvalue weighted by Crippen LogP contribution is -1.85. The molecule has 0 saturated carbocycles. The van der Waals surface area contributed by atoms with Crippen LogP contribution in [0.25, 0.3) is 44.3 Å². The highest BCUT2D eigenvalue weighted by molar-refractivity contribution is 6.07. The lowest BCUT2D eigenvalue weighted by atomic mass is 10.0. The number of aromatic amines is 2. The van der Waals surface area contributed by atoms with Crippen molar-refractivity contribution in [1.82, 2.24) is 30.1 Å². The molecule has 0 amide bonds. The number of pyridine rings is 3. The maximum atomic E-state index is 4.62. The Morgan fingerprint density at radius 1 is 0.923 bits per heavy atom. The molecule has 5 aromatic heterocycles. The predicted octanol–water partition coefficient (Wildman–Crippen LogP) is 4.18. The largest absolute Gasteiger partial charge is 0.338 e. The predicted molar refractivity (Wildman–Crippen MR) is 102 cm³/mol. The summed E-state index contributed by atoms with van der Waals surface area (Å²) in [7, 11) is 0. The number of nitrogens with zero attached hydrogens (tertiary/aromatic N) is 4. The van der Waals surface area contributed by atoms with Crippen LogP contribution in [-0.2, 0) is 0 Å². The molecule has 5 aromatic rings. The molecule has 0 aliphatic rings. The SMILES string of the molecule is Cc1n[nH]c(C)c1-c1cnc2[nH]c3cnc(-c4cccnc4)cc3c2c1. The first-order valence-electron chi connectivity index (χ1n) is 8.40. The molecule has 5 heterocycles. The molecular weight excluding hydrogens is 324 g/mol. The number of hydrogen-bond acceptors (Lipinski definition) is 4. The molecule has 126 valence electrons. The summed E-state index contributed by atoms with van der Waals surface area (Å²) in [5, 5.41) is 9.51. The van der Waals surface area contributed by atoms with Crippen molar-refractivity contribution in [3.8, 4) is 22.4 Å². The number of hydrogen-bond donors (Lipinski definition) is 2. The van der Waals surface area contributed by atoms with Gasteiger partial charge in [0.2, 0.25) is 0 Å². The van der Waals surface area contributed by atoms with E-state index in [2.05, 4.69) is 42.3 Å². The van der Waals surface area contributed by atoms with Gasteiger partial charge in [-0.25, -0.2) is 4.98 Å². The van der Waals surface area contributed by atoms with E-state index in [0.717, 1.165) is 55.7 Å². The van der Waals surface area contributed by atoms with Crippen molar-refractivity contribution in [3.63, 3.8) is 0 Å². The van der Waals surface area contributed by atoms with Gasteiger partial charge in [0.1, 0.15) is 5.65 Å². The fraction of sp³-hybridized carbons (Fsp3) is 0.100. The molecule has 0 unspecified atom stereocenters. The minimum absolute atomic E-state index is 0.854. The number of rotatable bonds is 2. The second-order valence-electron chi connectivity index (χ2n) is 6.41. The Morgan fingerprint density at radius 3 is 2.62 bits per heavy atom. The van der Waals surface area contributed by atoms with Crippen molar-refractivity contribution in [3.05, 3.63) is 60.4 Å². The van der Waals surface area contributed by atoms with Crippen molar-refractivity contribution >= 4 is 21.9 Å². The van der Waals surface area contributed by atoms with Crippen LogP contribution in [-0.4, -0.2) is 30.1 Å². The van der Waals surface area contributed by atoms with Gasteiger partial charge < -0.3 is 4.98 Å². The van der Waals surface area contributed by atoms with Crippen LogP contribution in [0.5, 0.6) is 0 Å². The molecule has 0 aliphatic carbocycles. The highest BCUT2D eigenvalue weighted by Gasteiger charge is 2.13. The van der Waals surface area contributed by atoms with E-state index < -0.39 is 0 Å². The number of H-pyrrole nitrogens is 2. The molecule has 0 atom stereocenters. The van der Waals surface area contributed by atoms with Crippen LogP contribution in [0.4, 0.5) is 0 Å². The summed E-state index contributed by atoms with van der Waals surface area (Å²) in [6, 6.07) is 8.18. The molecule has 5 rings (SSSR count). The highest BCUT2D eigenvalue weighted by Crippen LogP contribution is 2.32. The topological polar surface area (TPSA) is 83.1 Å². The monoisotopic (exact) mass is 340 g/mol. The molecule has 0 saturated heterocycles. The number of fused-ring (bicyclic) bond motifs is 3. The Balaban J connectivity index is 1.75. The van der Waals surface area contributed by atoms with Crippen LogP contribution >= 0.6 is 0 Å². The minimum Gasteiger partial charge on any atom is -0.338 e. The first kappa shape index (κ1) is 14.8. The van der Waals surface area contributed by atoms with Gasteiger partial charge in [-0.15, -0.1) is 0 Å². The smallest absolute Gasteiger partial charge is 0.138 e. The fourth-order valence-corrected chi connectivity index (χ4v) is 3.46. The summed E-state index contributed by atoms with van der Waals surface area (Å²) < 4.78 is 0. The van der Waals surface area contributed by atoms with Gasteiger partial charge in [0.05, 0.1) is 23.1 Å². The van der Waals surface area contributed by atoms with Gasteiger partial charge >= 0.3 is 0 Å². The third-order valence-corrected chi connectivity index (χ3v) is 4.71. The third kappa shape index (κ3) is 2.19. The number of nitrogens with one attached hydrogen (secondary N) is 2. The lowest BCUT2D eigenvalue weighted by Gasteiger charge is -2.02. The zero-order valence-electron chi connectivity index (χ0n) is 14.4. The molecule has 26 heavy (non-hydrogen) atoms. The van der Waals surface area contributed by atoms with Crippen molar-refractivity contribution in [2.24, 2.45) is 0 Å². The highest BCUT2D eigenvalue weighted by atomic mass is 15.1. The van der Waals surface area contributed by atoms with E-state index >= 15 is 0 Å². The molecule has 0 fully saturated rings. The van der Waals surface area contributed by atoms with Crippen LogP contribution in [0.2, 0.25) is 0 Å². The molecule has 6 nitrogen and oxygen atoms in total. The van der Waals surface area contributed by atoms with E-state index in [-0.39, 0.29) is 0 Å². The number of aromatic nitrogens is 6. The average molecular weight is 340 g/mol. The van der Waals surface area contributed by atoms with Gasteiger partial charge in [0.15, 0.2) is 0 Å². The first-order valence-corrected chi connectivity index (χ1v) is 8.40. The van der Waals surface area contributed by atoms with Crippen molar-refractivity contribution in [2.45, 2.75) is 13.8 Å². The van der Waals surface area contributed by atoms with Gasteiger partial charge in [0, 0.05) is 51.7 Å². The van der Waals surface area contributed by atoms with E-state index in [4.69, 9.17) is 0 Å². The maximum Gasteiger partial charge on any atom is 0.138 e. The van der Waals surface area contributed by atoms with Crippen LogP contribution in [0.3, 0.4) is 0 Å². The molecule has 6 heteroatoms. The second kappa shape index (κ2) is 5.49. The van der Waals surface area contributed by atoms with Gasteiger partial charge in [-0.3, -0.25) is 15.1 Å². The maximum absolute atomic E-state index is 4.62. The Hall–Kier alpha value is -3.54. The standard InChI is InChI=1S/C20H16N6/c1-11-19(12(2)26-25-11)14-6-16-15-7-17(13-4-3-5-21-8-13)22-10-18(15)24-20(16)23-9-14/h3-10H,1-2H3,(H,23,24)(H,25,26). The summed E-state index contributed by atoms with van der Waals surface area (Å²) in [6.07, 6.45) is 7.33. The van der Waals surface area contributed by atoms with Crippen molar-refractivity contribution in [2.75, 3.05) is 0 Å². The molecule has 0 aliphatic heterocycles. The molecule has 0 bridgehead atoms. The van der Waals surface area contributed by atoms with Gasteiger partial charge in [-0.2, -0.15) is 5.10 Å². The molecular formula is C20H16N6. The second-order valence-corrected chi connectivity index (χ2v) is 6.41. The van der Waals surface area contributed by atoms with Crippen LogP contribution in [0.15, 0.2) is 49.1 Å². The summed E-state index contributed by atoms with van der Waals surface area (Å²) in [6.45, 7) is 4.03. The van der Waals surface area contributed by atoms with Gasteiger partial charge in [-0.05, 0) is 38.1 Å². The van der Waals surface area contributed by atoms with Crippen molar-refractivity contribution in [1.29, 1.82) is 0 Å². The van der Waals surface area contributed by atoms with E-state index in [9.17, 15) is 0 Å². The Labute approximate surface area is 149 Å². The fourth-order valence-electron chi connectivity index (χ4n) is 3.46. The Bertz CT molecular complexity index is 1230. The van der Waals surface area contributed by atoms with E-state index in [1.807, 2.05) is 44.6 Å². The number of aryl methyl sites for hydroxylation is 2. The van der Waals surface area contributed by atoms with Crippen molar-refractivity contribution < 1.29 is 0 Å². The lowest BCUT2D eigenvalue weighted by molar-refractivity contribution is 1.02. The van der Waals surface area contributed by atoms with E-state index in [0.29, 0.717) is 0 Å². The summed E-state index contributed by atoms with van der Waals surface area (Å²) in [5.41, 5.74) is 7.90. The molecule has 0 aromatic carbocycles. The van der Waals surface area contributed by atoms with E-state index in [1.165, 1.54) is 0 Å². The average Bonchev–Trinajstić information content (AvgIpc) is 3.21. The zero-order chi connectivity index (χ0) is 17.7. The normalized spacial score (nSPS) is 11.5. The zero-order valence-corrected chi connectivity index (χ0v) is 14.4. The minimum atomic E-state index is 0.854. The van der Waals surface area contributed by atoms with Crippen LogP contribution in [0, 0.1) is 13.8 Å². The molecule has 2 N–H and O–H groups in total. The third-order valence-electron chi connectivity index (χ3n) is 4.71. The molecule has 0 radical (unpaired) electrons. The van der Waals surface area contributed by atoms with Crippen LogP contribution in [0.1, 0.15) is 11.4 Å². The first-order chi connectivity index (χ1) is 12.7.